The van der Waals surface area contributed by atoms with Crippen LogP contribution in [-0.4, -0.2) is 42.7 Å². The lowest BCUT2D eigenvalue weighted by Crippen LogP contribution is -2.36. The number of thiol groups is 1. The number of carboxylic acid groups (broad SMARTS) is 1. The first-order valence-corrected chi connectivity index (χ1v) is 8.75. The standard InChI is InChI=1S/C12H19N2O7PS/c1-7-11(15)9(5-14-10(2-3-23)12(16)17)8(4-13-7)6-21-22(18,19)20/h4,10,14-15,23H,2-3,5-6H2,1H3,(H,16,17)(H2,18,19,20)/t10-/m0/s1. The minimum atomic E-state index is -4.68. The van der Waals surface area contributed by atoms with Crippen LogP contribution in [0.5, 0.6) is 5.75 Å². The molecule has 0 radical (unpaired) electrons. The van der Waals surface area contributed by atoms with Crippen molar-refractivity contribution in [2.75, 3.05) is 5.75 Å². The Morgan fingerprint density at radius 1 is 1.52 bits per heavy atom. The number of aliphatic carboxylic acids is 1. The molecule has 0 aliphatic carbocycles. The molecule has 130 valence electrons. The van der Waals surface area contributed by atoms with E-state index in [9.17, 15) is 14.5 Å². The van der Waals surface area contributed by atoms with Gasteiger partial charge in [-0.05, 0) is 19.1 Å². The molecule has 0 saturated carbocycles. The molecule has 9 nitrogen and oxygen atoms in total. The van der Waals surface area contributed by atoms with Crippen LogP contribution >= 0.6 is 20.5 Å². The van der Waals surface area contributed by atoms with Crippen molar-refractivity contribution in [1.82, 2.24) is 10.3 Å². The van der Waals surface area contributed by atoms with Crippen LogP contribution < -0.4 is 5.32 Å². The number of hydrogen-bond donors (Lipinski definition) is 6. The Labute approximate surface area is 138 Å². The van der Waals surface area contributed by atoms with Gasteiger partial charge in [0.1, 0.15) is 11.8 Å². The quantitative estimate of drug-likeness (QED) is 0.272. The number of carboxylic acids is 1. The lowest BCUT2D eigenvalue weighted by atomic mass is 10.1. The second-order valence-electron chi connectivity index (χ2n) is 4.74. The fraction of sp³-hybridized carbons (Fsp3) is 0.500. The monoisotopic (exact) mass is 366 g/mol. The third-order valence-corrected chi connectivity index (χ3v) is 3.78. The van der Waals surface area contributed by atoms with Gasteiger partial charge in [0.05, 0.1) is 12.3 Å². The zero-order valence-electron chi connectivity index (χ0n) is 12.3. The van der Waals surface area contributed by atoms with Crippen LogP contribution in [0.3, 0.4) is 0 Å². The van der Waals surface area contributed by atoms with Crippen LogP contribution in [0.1, 0.15) is 23.2 Å². The molecule has 23 heavy (non-hydrogen) atoms. The molecule has 5 N–H and O–H groups in total. The molecule has 0 fully saturated rings. The van der Waals surface area contributed by atoms with Crippen LogP contribution in [0.4, 0.5) is 0 Å². The van der Waals surface area contributed by atoms with Crippen LogP contribution in [0, 0.1) is 6.92 Å². The van der Waals surface area contributed by atoms with E-state index < -0.39 is 26.4 Å². The highest BCUT2D eigenvalue weighted by Gasteiger charge is 2.20. The second kappa shape index (κ2) is 8.62. The van der Waals surface area contributed by atoms with E-state index in [0.29, 0.717) is 11.4 Å². The van der Waals surface area contributed by atoms with Gasteiger partial charge in [-0.3, -0.25) is 14.3 Å². The van der Waals surface area contributed by atoms with Gasteiger partial charge in [-0.2, -0.15) is 12.6 Å². The molecule has 0 aliphatic heterocycles. The van der Waals surface area contributed by atoms with Gasteiger partial charge in [0.25, 0.3) is 0 Å². The van der Waals surface area contributed by atoms with Crippen molar-refractivity contribution in [3.8, 4) is 5.75 Å². The zero-order chi connectivity index (χ0) is 17.6. The average molecular weight is 366 g/mol. The predicted octanol–water partition coefficient (Wildman–Crippen LogP) is 0.568. The maximum absolute atomic E-state index is 11.1. The normalized spacial score (nSPS) is 13.0. The molecule has 1 aromatic heterocycles. The number of phosphoric acid groups is 1. The molecule has 1 rings (SSSR count). The summed E-state index contributed by atoms with van der Waals surface area (Å²) in [5.74, 6) is -0.879. The number of aromatic hydroxyl groups is 1. The van der Waals surface area contributed by atoms with Gasteiger partial charge in [0.15, 0.2) is 0 Å². The Balaban J connectivity index is 2.96. The van der Waals surface area contributed by atoms with E-state index in [1.54, 1.807) is 6.92 Å². The molecule has 1 heterocycles. The van der Waals surface area contributed by atoms with Gasteiger partial charge in [-0.15, -0.1) is 0 Å². The SMILES string of the molecule is Cc1ncc(COP(=O)(O)O)c(CN[C@@H](CCS)C(=O)O)c1O. The average Bonchev–Trinajstić information content (AvgIpc) is 2.45. The summed E-state index contributed by atoms with van der Waals surface area (Å²) in [5, 5.41) is 21.9. The fourth-order valence-electron chi connectivity index (χ4n) is 1.83. The largest absolute Gasteiger partial charge is 0.506 e. The summed E-state index contributed by atoms with van der Waals surface area (Å²) in [5.41, 5.74) is 0.832. The van der Waals surface area contributed by atoms with E-state index in [1.807, 2.05) is 0 Å². The Morgan fingerprint density at radius 3 is 2.70 bits per heavy atom. The van der Waals surface area contributed by atoms with Crippen LogP contribution in [0.25, 0.3) is 0 Å². The highest BCUT2D eigenvalue weighted by Crippen LogP contribution is 2.38. The van der Waals surface area contributed by atoms with E-state index in [-0.39, 0.29) is 29.8 Å². The molecule has 0 unspecified atom stereocenters. The third kappa shape index (κ3) is 6.46. The molecule has 1 aromatic rings. The summed E-state index contributed by atoms with van der Waals surface area (Å²) in [6.07, 6.45) is 1.59. The zero-order valence-corrected chi connectivity index (χ0v) is 14.1. The van der Waals surface area contributed by atoms with E-state index in [0.717, 1.165) is 0 Å². The summed E-state index contributed by atoms with van der Waals surface area (Å²) in [4.78, 5) is 32.5. The number of aromatic nitrogens is 1. The highest BCUT2D eigenvalue weighted by atomic mass is 32.1. The Morgan fingerprint density at radius 2 is 2.17 bits per heavy atom. The van der Waals surface area contributed by atoms with Gasteiger partial charge in [-0.25, -0.2) is 4.57 Å². The summed E-state index contributed by atoms with van der Waals surface area (Å²) < 4.78 is 15.2. The molecule has 0 saturated heterocycles. The minimum Gasteiger partial charge on any atom is -0.506 e. The lowest BCUT2D eigenvalue weighted by molar-refractivity contribution is -0.139. The second-order valence-corrected chi connectivity index (χ2v) is 6.43. The van der Waals surface area contributed by atoms with Gasteiger partial charge in [-0.1, -0.05) is 0 Å². The molecule has 0 bridgehead atoms. The first-order chi connectivity index (χ1) is 10.7. The van der Waals surface area contributed by atoms with Crippen molar-refractivity contribution in [2.45, 2.75) is 32.5 Å². The first-order valence-electron chi connectivity index (χ1n) is 6.59. The molecule has 0 aromatic carbocycles. The number of aryl methyl sites for hydroxylation is 1. The Hall–Kier alpha value is -1.16. The van der Waals surface area contributed by atoms with E-state index >= 15 is 0 Å². The van der Waals surface area contributed by atoms with Crippen molar-refractivity contribution in [2.24, 2.45) is 0 Å². The number of nitrogens with zero attached hydrogens (tertiary/aromatic N) is 1. The number of carbonyl (C=O) groups is 1. The number of pyridine rings is 1. The maximum atomic E-state index is 11.1. The molecular formula is C12H19N2O7PS. The Bertz CT molecular complexity index is 607. The summed E-state index contributed by atoms with van der Waals surface area (Å²) in [7, 11) is -4.68. The topological polar surface area (TPSA) is 149 Å². The summed E-state index contributed by atoms with van der Waals surface area (Å²) >= 11 is 3.99. The minimum absolute atomic E-state index is 0.0280. The molecule has 0 amide bonds. The number of rotatable bonds is 9. The first kappa shape index (κ1) is 19.9. The van der Waals surface area contributed by atoms with Crippen LogP contribution in [-0.2, 0) is 27.0 Å². The lowest BCUT2D eigenvalue weighted by Gasteiger charge is -2.17. The molecule has 0 spiro atoms. The van der Waals surface area contributed by atoms with Crippen LogP contribution in [0.2, 0.25) is 0 Å². The van der Waals surface area contributed by atoms with Crippen molar-refractivity contribution in [3.05, 3.63) is 23.0 Å². The van der Waals surface area contributed by atoms with Gasteiger partial charge in [0, 0.05) is 23.9 Å². The molecule has 11 heteroatoms. The van der Waals surface area contributed by atoms with Gasteiger partial charge < -0.3 is 25.3 Å². The Kier molecular flexibility index (Phi) is 7.46. The van der Waals surface area contributed by atoms with Gasteiger partial charge >= 0.3 is 13.8 Å². The number of phosphoric ester groups is 1. The molecule has 1 atom stereocenters. The summed E-state index contributed by atoms with van der Waals surface area (Å²) in [6.45, 7) is 1.06. The maximum Gasteiger partial charge on any atom is 0.469 e. The number of nitrogens with one attached hydrogen (secondary N) is 1. The van der Waals surface area contributed by atoms with E-state index in [1.165, 1.54) is 6.20 Å². The smallest absolute Gasteiger partial charge is 0.469 e. The fourth-order valence-corrected chi connectivity index (χ4v) is 2.39. The highest BCUT2D eigenvalue weighted by molar-refractivity contribution is 7.80. The van der Waals surface area contributed by atoms with Crippen molar-refractivity contribution in [3.63, 3.8) is 0 Å². The van der Waals surface area contributed by atoms with E-state index in [4.69, 9.17) is 14.9 Å². The third-order valence-electron chi connectivity index (χ3n) is 3.06. The predicted molar refractivity (Wildman–Crippen MR) is 84.2 cm³/mol. The van der Waals surface area contributed by atoms with Gasteiger partial charge in [0.2, 0.25) is 0 Å². The number of hydrogen-bond acceptors (Lipinski definition) is 7. The van der Waals surface area contributed by atoms with Crippen molar-refractivity contribution < 1.29 is 33.9 Å². The van der Waals surface area contributed by atoms with Crippen molar-refractivity contribution >= 4 is 26.4 Å². The van der Waals surface area contributed by atoms with Crippen molar-refractivity contribution in [1.29, 1.82) is 0 Å². The summed E-state index contributed by atoms with van der Waals surface area (Å²) in [6, 6.07) is -0.865. The van der Waals surface area contributed by atoms with E-state index in [2.05, 4.69) is 27.5 Å². The van der Waals surface area contributed by atoms with Crippen LogP contribution in [0.15, 0.2) is 6.20 Å². The molecular weight excluding hydrogens is 347 g/mol. The molecule has 0 aliphatic rings.